The van der Waals surface area contributed by atoms with E-state index in [1.165, 1.54) is 49.8 Å². The largest absolute Gasteiger partial charge is 0.494 e. The zero-order chi connectivity index (χ0) is 21.5. The van der Waals surface area contributed by atoms with E-state index in [0.717, 1.165) is 12.1 Å². The summed E-state index contributed by atoms with van der Waals surface area (Å²) in [5.41, 5.74) is 0.706. The second kappa shape index (κ2) is 7.29. The van der Waals surface area contributed by atoms with Crippen LogP contribution >= 0.6 is 0 Å². The summed E-state index contributed by atoms with van der Waals surface area (Å²) < 4.78 is 57.8. The van der Waals surface area contributed by atoms with Gasteiger partial charge in [-0.3, -0.25) is 4.79 Å². The highest BCUT2D eigenvalue weighted by Gasteiger charge is 2.30. The Balaban J connectivity index is 1.76. The highest BCUT2D eigenvalue weighted by Crippen LogP contribution is 2.32. The number of pyridine rings is 1. The lowest BCUT2D eigenvalue weighted by Gasteiger charge is -2.08. The van der Waals surface area contributed by atoms with E-state index in [-0.39, 0.29) is 16.9 Å². The normalized spacial score (nSPS) is 11.6. The molecule has 4 aromatic rings. The van der Waals surface area contributed by atoms with Crippen LogP contribution in [0.15, 0.2) is 60.9 Å². The van der Waals surface area contributed by atoms with Gasteiger partial charge in [-0.1, -0.05) is 18.2 Å². The average Bonchev–Trinajstić information content (AvgIpc) is 3.16. The summed E-state index contributed by atoms with van der Waals surface area (Å²) >= 11 is 0. The van der Waals surface area contributed by atoms with Crippen LogP contribution in [0.4, 0.5) is 17.6 Å². The first kappa shape index (κ1) is 19.6. The van der Waals surface area contributed by atoms with E-state index in [4.69, 9.17) is 4.74 Å². The van der Waals surface area contributed by atoms with Crippen molar-refractivity contribution in [3.05, 3.63) is 83.4 Å². The third kappa shape index (κ3) is 3.41. The minimum absolute atomic E-state index is 0.0516. The number of benzene rings is 2. The second-order valence-electron chi connectivity index (χ2n) is 6.55. The van der Waals surface area contributed by atoms with Gasteiger partial charge in [0.25, 0.3) is 0 Å². The number of ether oxygens (including phenoxy) is 1. The fourth-order valence-corrected chi connectivity index (χ4v) is 3.19. The Labute approximate surface area is 168 Å². The third-order valence-electron chi connectivity index (χ3n) is 4.75. The molecule has 4 nitrogen and oxygen atoms in total. The maximum Gasteiger partial charge on any atom is 0.416 e. The molecule has 152 valence electrons. The minimum Gasteiger partial charge on any atom is -0.494 e. The Morgan fingerprint density at radius 3 is 2.43 bits per heavy atom. The van der Waals surface area contributed by atoms with Crippen molar-refractivity contribution in [2.24, 2.45) is 0 Å². The zero-order valence-corrected chi connectivity index (χ0v) is 15.5. The van der Waals surface area contributed by atoms with Crippen LogP contribution in [0, 0.1) is 5.82 Å². The quantitative estimate of drug-likeness (QED) is 0.348. The van der Waals surface area contributed by atoms with Gasteiger partial charge in [0.1, 0.15) is 5.65 Å². The van der Waals surface area contributed by atoms with E-state index >= 15 is 0 Å². The van der Waals surface area contributed by atoms with Crippen molar-refractivity contribution in [2.45, 2.75) is 6.18 Å². The first-order valence-corrected chi connectivity index (χ1v) is 8.81. The van der Waals surface area contributed by atoms with Crippen LogP contribution in [0.1, 0.15) is 21.5 Å². The molecule has 0 aliphatic carbocycles. The number of H-pyrrole nitrogens is 1. The third-order valence-corrected chi connectivity index (χ3v) is 4.75. The van der Waals surface area contributed by atoms with Gasteiger partial charge in [0, 0.05) is 28.9 Å². The molecule has 0 atom stereocenters. The Hall–Kier alpha value is -3.68. The molecule has 0 spiro atoms. The van der Waals surface area contributed by atoms with Gasteiger partial charge in [-0.05, 0) is 35.9 Å². The summed E-state index contributed by atoms with van der Waals surface area (Å²) in [5, 5.41) is 0.430. The lowest BCUT2D eigenvalue weighted by atomic mass is 10.00. The van der Waals surface area contributed by atoms with E-state index in [1.807, 2.05) is 0 Å². The molecule has 0 unspecified atom stereocenters. The van der Waals surface area contributed by atoms with Gasteiger partial charge in [0.15, 0.2) is 17.3 Å². The number of carbonyl (C=O) groups is 1. The zero-order valence-electron chi connectivity index (χ0n) is 15.5. The van der Waals surface area contributed by atoms with Crippen molar-refractivity contribution >= 4 is 16.8 Å². The summed E-state index contributed by atoms with van der Waals surface area (Å²) in [4.78, 5) is 20.0. The molecule has 2 aromatic carbocycles. The molecule has 0 aliphatic heterocycles. The van der Waals surface area contributed by atoms with Crippen molar-refractivity contribution in [1.82, 2.24) is 9.97 Å². The molecule has 2 heterocycles. The standard InChI is InChI=1S/C22H14F4N2O2/c1-30-18-4-2-3-15(19(18)23)20(29)17-11-28-21-16(17)9-13(10-27-21)12-5-7-14(8-6-12)22(24,25)26/h2-11H,1H3,(H,27,28). The number of rotatable bonds is 4. The Morgan fingerprint density at radius 2 is 1.77 bits per heavy atom. The van der Waals surface area contributed by atoms with Crippen LogP contribution in [0.5, 0.6) is 5.75 Å². The number of aromatic amines is 1. The SMILES string of the molecule is COc1cccc(C(=O)c2c[nH]c3ncc(-c4ccc(C(F)(F)F)cc4)cc23)c1F. The lowest BCUT2D eigenvalue weighted by Crippen LogP contribution is -2.05. The maximum atomic E-state index is 14.5. The molecule has 0 amide bonds. The second-order valence-corrected chi connectivity index (χ2v) is 6.55. The van der Waals surface area contributed by atoms with Crippen molar-refractivity contribution in [1.29, 1.82) is 0 Å². The van der Waals surface area contributed by atoms with Gasteiger partial charge in [0.2, 0.25) is 0 Å². The van der Waals surface area contributed by atoms with Crippen LogP contribution in [0.25, 0.3) is 22.2 Å². The smallest absolute Gasteiger partial charge is 0.416 e. The molecule has 0 saturated heterocycles. The number of hydrogen-bond donors (Lipinski definition) is 1. The van der Waals surface area contributed by atoms with Crippen molar-refractivity contribution in [3.8, 4) is 16.9 Å². The molecule has 8 heteroatoms. The van der Waals surface area contributed by atoms with Crippen molar-refractivity contribution in [2.75, 3.05) is 7.11 Å². The fourth-order valence-electron chi connectivity index (χ4n) is 3.19. The Kier molecular flexibility index (Phi) is 4.77. The number of hydrogen-bond acceptors (Lipinski definition) is 3. The van der Waals surface area contributed by atoms with E-state index in [9.17, 15) is 22.4 Å². The van der Waals surface area contributed by atoms with Gasteiger partial charge in [-0.2, -0.15) is 13.2 Å². The molecule has 0 aliphatic rings. The van der Waals surface area contributed by atoms with Gasteiger partial charge >= 0.3 is 6.18 Å². The predicted molar refractivity (Wildman–Crippen MR) is 103 cm³/mol. The van der Waals surface area contributed by atoms with Crippen LogP contribution in [0.2, 0.25) is 0 Å². The lowest BCUT2D eigenvalue weighted by molar-refractivity contribution is -0.137. The molecular weight excluding hydrogens is 400 g/mol. The van der Waals surface area contributed by atoms with E-state index in [2.05, 4.69) is 9.97 Å². The molecular formula is C22H14F4N2O2. The van der Waals surface area contributed by atoms with E-state index < -0.39 is 23.3 Å². The molecule has 2 aromatic heterocycles. The Bertz CT molecular complexity index is 1240. The number of nitrogens with one attached hydrogen (secondary N) is 1. The molecule has 0 radical (unpaired) electrons. The summed E-state index contributed by atoms with van der Waals surface area (Å²) in [7, 11) is 1.30. The highest BCUT2D eigenvalue weighted by atomic mass is 19.4. The van der Waals surface area contributed by atoms with Gasteiger partial charge in [-0.15, -0.1) is 0 Å². The van der Waals surface area contributed by atoms with Crippen LogP contribution in [-0.4, -0.2) is 22.9 Å². The summed E-state index contributed by atoms with van der Waals surface area (Å²) in [6.07, 6.45) is -1.51. The summed E-state index contributed by atoms with van der Waals surface area (Å²) in [6, 6.07) is 10.5. The number of carbonyl (C=O) groups excluding carboxylic acids is 1. The number of nitrogens with zero attached hydrogens (tertiary/aromatic N) is 1. The van der Waals surface area contributed by atoms with Gasteiger partial charge < -0.3 is 9.72 Å². The Morgan fingerprint density at radius 1 is 1.03 bits per heavy atom. The highest BCUT2D eigenvalue weighted by molar-refractivity contribution is 6.16. The molecule has 0 saturated carbocycles. The molecule has 0 fully saturated rings. The summed E-state index contributed by atoms with van der Waals surface area (Å²) in [6.45, 7) is 0. The first-order valence-electron chi connectivity index (χ1n) is 8.81. The number of methoxy groups -OCH3 is 1. The number of alkyl halides is 3. The van der Waals surface area contributed by atoms with Crippen LogP contribution in [0.3, 0.4) is 0 Å². The number of fused-ring (bicyclic) bond motifs is 1. The summed E-state index contributed by atoms with van der Waals surface area (Å²) in [5.74, 6) is -1.39. The van der Waals surface area contributed by atoms with Crippen LogP contribution < -0.4 is 4.74 Å². The number of halogens is 4. The van der Waals surface area contributed by atoms with E-state index in [1.54, 1.807) is 6.07 Å². The average molecular weight is 414 g/mol. The molecule has 1 N–H and O–H groups in total. The molecule has 30 heavy (non-hydrogen) atoms. The van der Waals surface area contributed by atoms with Gasteiger partial charge in [0.05, 0.1) is 18.2 Å². The molecule has 4 rings (SSSR count). The molecule has 0 bridgehead atoms. The van der Waals surface area contributed by atoms with Crippen molar-refractivity contribution < 1.29 is 27.1 Å². The van der Waals surface area contributed by atoms with E-state index in [0.29, 0.717) is 22.2 Å². The minimum atomic E-state index is -4.43. The maximum absolute atomic E-state index is 14.5. The number of aromatic nitrogens is 2. The monoisotopic (exact) mass is 414 g/mol. The van der Waals surface area contributed by atoms with Gasteiger partial charge in [-0.25, -0.2) is 9.37 Å². The fraction of sp³-hybridized carbons (Fsp3) is 0.0909. The van der Waals surface area contributed by atoms with Crippen LogP contribution in [-0.2, 0) is 6.18 Å². The first-order chi connectivity index (χ1) is 14.3. The predicted octanol–water partition coefficient (Wildman–Crippen LogP) is 5.63. The topological polar surface area (TPSA) is 55.0 Å². The number of ketones is 1. The van der Waals surface area contributed by atoms with Crippen molar-refractivity contribution in [3.63, 3.8) is 0 Å².